The van der Waals surface area contributed by atoms with E-state index in [-0.39, 0.29) is 17.5 Å². The van der Waals surface area contributed by atoms with Gasteiger partial charge in [-0.05, 0) is 49.5 Å². The molecule has 2 N–H and O–H groups in total. The fourth-order valence-corrected chi connectivity index (χ4v) is 4.44. The minimum absolute atomic E-state index is 0.0278. The number of benzene rings is 1. The molecule has 3 aliphatic heterocycles. The molecule has 0 aliphatic carbocycles. The standard InChI is InChI=1S/C14H20N2O3S/c17-10-11-1-3-13(4-2-11)20(18,19)15-14-9-16-7-5-12(14)6-8-16/h1-4,12,14-15,17H,5-10H2. The molecule has 5 nitrogen and oxygen atoms in total. The van der Waals surface area contributed by atoms with Crippen LogP contribution in [0.1, 0.15) is 18.4 Å². The molecule has 3 fully saturated rings. The SMILES string of the molecule is O=S(=O)(NC1CN2CCC1CC2)c1ccc(CO)cc1. The van der Waals surface area contributed by atoms with E-state index in [1.165, 1.54) is 0 Å². The first-order valence-corrected chi connectivity index (χ1v) is 8.51. The third-order valence-corrected chi connectivity index (χ3v) is 5.88. The minimum Gasteiger partial charge on any atom is -0.392 e. The van der Waals surface area contributed by atoms with Crippen molar-refractivity contribution in [3.8, 4) is 0 Å². The van der Waals surface area contributed by atoms with E-state index < -0.39 is 10.0 Å². The largest absolute Gasteiger partial charge is 0.392 e. The van der Waals surface area contributed by atoms with Gasteiger partial charge in [-0.3, -0.25) is 0 Å². The molecule has 20 heavy (non-hydrogen) atoms. The lowest BCUT2D eigenvalue weighted by Crippen LogP contribution is -2.57. The van der Waals surface area contributed by atoms with Crippen LogP contribution < -0.4 is 4.72 Å². The molecule has 0 spiro atoms. The molecule has 3 heterocycles. The van der Waals surface area contributed by atoms with Gasteiger partial charge in [0, 0.05) is 12.6 Å². The summed E-state index contributed by atoms with van der Waals surface area (Å²) in [5, 5.41) is 8.99. The van der Waals surface area contributed by atoms with Gasteiger partial charge in [-0.15, -0.1) is 0 Å². The van der Waals surface area contributed by atoms with E-state index >= 15 is 0 Å². The van der Waals surface area contributed by atoms with Crippen LogP contribution in [-0.4, -0.2) is 44.1 Å². The van der Waals surface area contributed by atoms with Crippen LogP contribution in [0, 0.1) is 5.92 Å². The number of aliphatic hydroxyl groups is 1. The zero-order valence-corrected chi connectivity index (χ0v) is 12.1. The number of hydrogen-bond acceptors (Lipinski definition) is 4. The van der Waals surface area contributed by atoms with Gasteiger partial charge in [-0.1, -0.05) is 12.1 Å². The zero-order chi connectivity index (χ0) is 14.2. The van der Waals surface area contributed by atoms with Crippen molar-refractivity contribution >= 4 is 10.0 Å². The van der Waals surface area contributed by atoms with Gasteiger partial charge in [0.05, 0.1) is 11.5 Å². The summed E-state index contributed by atoms with van der Waals surface area (Å²) in [5.74, 6) is 0.464. The summed E-state index contributed by atoms with van der Waals surface area (Å²) in [7, 11) is -3.47. The molecule has 1 atom stereocenters. The molecule has 3 aliphatic rings. The van der Waals surface area contributed by atoms with Crippen molar-refractivity contribution in [2.24, 2.45) is 5.92 Å². The second-order valence-electron chi connectivity index (χ2n) is 5.67. The second kappa shape index (κ2) is 5.44. The lowest BCUT2D eigenvalue weighted by Gasteiger charge is -2.44. The topological polar surface area (TPSA) is 69.6 Å². The summed E-state index contributed by atoms with van der Waals surface area (Å²) in [6.07, 6.45) is 2.16. The number of nitrogens with zero attached hydrogens (tertiary/aromatic N) is 1. The van der Waals surface area contributed by atoms with E-state index in [1.54, 1.807) is 24.3 Å². The lowest BCUT2D eigenvalue weighted by molar-refractivity contribution is 0.0827. The van der Waals surface area contributed by atoms with Crippen molar-refractivity contribution in [1.82, 2.24) is 9.62 Å². The van der Waals surface area contributed by atoms with E-state index in [1.807, 2.05) is 0 Å². The highest BCUT2D eigenvalue weighted by Gasteiger charge is 2.36. The maximum atomic E-state index is 12.4. The number of piperidine rings is 3. The summed E-state index contributed by atoms with van der Waals surface area (Å²) in [6.45, 7) is 2.92. The van der Waals surface area contributed by atoms with Crippen molar-refractivity contribution < 1.29 is 13.5 Å². The molecule has 0 radical (unpaired) electrons. The Hall–Kier alpha value is -0.950. The molecule has 0 aromatic heterocycles. The molecular formula is C14H20N2O3S. The maximum Gasteiger partial charge on any atom is 0.240 e. The smallest absolute Gasteiger partial charge is 0.240 e. The Morgan fingerprint density at radius 3 is 2.35 bits per heavy atom. The van der Waals surface area contributed by atoms with E-state index in [4.69, 9.17) is 5.11 Å². The van der Waals surface area contributed by atoms with Gasteiger partial charge in [0.1, 0.15) is 0 Å². The zero-order valence-electron chi connectivity index (χ0n) is 11.3. The molecule has 1 aromatic carbocycles. The molecule has 6 heteroatoms. The number of nitrogens with one attached hydrogen (secondary N) is 1. The predicted octanol–water partition coefficient (Wildman–Crippen LogP) is 0.551. The van der Waals surface area contributed by atoms with Gasteiger partial charge >= 0.3 is 0 Å². The summed E-state index contributed by atoms with van der Waals surface area (Å²) in [5.41, 5.74) is 0.715. The van der Waals surface area contributed by atoms with Crippen LogP contribution >= 0.6 is 0 Å². The molecule has 110 valence electrons. The Kier molecular flexibility index (Phi) is 3.81. The Balaban J connectivity index is 1.74. The monoisotopic (exact) mass is 296 g/mol. The molecule has 1 unspecified atom stereocenters. The highest BCUT2D eigenvalue weighted by atomic mass is 32.2. The van der Waals surface area contributed by atoms with Crippen molar-refractivity contribution in [2.75, 3.05) is 19.6 Å². The van der Waals surface area contributed by atoms with Crippen molar-refractivity contribution in [3.05, 3.63) is 29.8 Å². The molecule has 0 amide bonds. The van der Waals surface area contributed by atoms with Crippen LogP contribution in [0.5, 0.6) is 0 Å². The number of aliphatic hydroxyl groups excluding tert-OH is 1. The first-order valence-electron chi connectivity index (χ1n) is 7.03. The maximum absolute atomic E-state index is 12.4. The summed E-state index contributed by atoms with van der Waals surface area (Å²) in [4.78, 5) is 2.59. The molecule has 0 saturated carbocycles. The van der Waals surface area contributed by atoms with Crippen molar-refractivity contribution in [3.63, 3.8) is 0 Å². The number of rotatable bonds is 4. The molecule has 2 bridgehead atoms. The van der Waals surface area contributed by atoms with Gasteiger partial charge in [0.15, 0.2) is 0 Å². The van der Waals surface area contributed by atoms with Gasteiger partial charge in [-0.25, -0.2) is 13.1 Å². The van der Waals surface area contributed by atoms with E-state index in [9.17, 15) is 8.42 Å². The Bertz CT molecular complexity index is 563. The van der Waals surface area contributed by atoms with Crippen molar-refractivity contribution in [1.29, 1.82) is 0 Å². The summed E-state index contributed by atoms with van der Waals surface area (Å²) < 4.78 is 27.6. The second-order valence-corrected chi connectivity index (χ2v) is 7.38. The third-order valence-electron chi connectivity index (χ3n) is 4.38. The van der Waals surface area contributed by atoms with Gasteiger partial charge in [0.2, 0.25) is 10.0 Å². The fourth-order valence-electron chi connectivity index (χ4n) is 3.14. The molecule has 4 rings (SSSR count). The lowest BCUT2D eigenvalue weighted by atomic mass is 9.85. The Morgan fingerprint density at radius 2 is 1.85 bits per heavy atom. The average molecular weight is 296 g/mol. The molecule has 3 saturated heterocycles. The van der Waals surface area contributed by atoms with E-state index in [0.29, 0.717) is 11.5 Å². The third kappa shape index (κ3) is 2.74. The average Bonchev–Trinajstić information content (AvgIpc) is 2.48. The predicted molar refractivity (Wildman–Crippen MR) is 75.6 cm³/mol. The number of sulfonamides is 1. The Morgan fingerprint density at radius 1 is 1.20 bits per heavy atom. The van der Waals surface area contributed by atoms with Crippen LogP contribution in [0.4, 0.5) is 0 Å². The van der Waals surface area contributed by atoms with Crippen LogP contribution in [0.2, 0.25) is 0 Å². The van der Waals surface area contributed by atoms with Gasteiger partial charge < -0.3 is 10.0 Å². The van der Waals surface area contributed by atoms with Crippen LogP contribution in [0.25, 0.3) is 0 Å². The van der Waals surface area contributed by atoms with E-state index in [2.05, 4.69) is 9.62 Å². The van der Waals surface area contributed by atoms with Crippen molar-refractivity contribution in [2.45, 2.75) is 30.4 Å². The minimum atomic E-state index is -3.47. The summed E-state index contributed by atoms with van der Waals surface area (Å²) in [6, 6.07) is 6.42. The van der Waals surface area contributed by atoms with Gasteiger partial charge in [-0.2, -0.15) is 0 Å². The van der Waals surface area contributed by atoms with Gasteiger partial charge in [0.25, 0.3) is 0 Å². The normalized spacial score (nSPS) is 29.6. The first kappa shape index (κ1) is 14.0. The Labute approximate surface area is 119 Å². The summed E-state index contributed by atoms with van der Waals surface area (Å²) >= 11 is 0. The van der Waals surface area contributed by atoms with E-state index in [0.717, 1.165) is 32.5 Å². The fraction of sp³-hybridized carbons (Fsp3) is 0.571. The number of hydrogen-bond donors (Lipinski definition) is 2. The highest BCUT2D eigenvalue weighted by molar-refractivity contribution is 7.89. The number of fused-ring (bicyclic) bond motifs is 3. The first-order chi connectivity index (χ1) is 9.58. The van der Waals surface area contributed by atoms with Crippen LogP contribution in [0.15, 0.2) is 29.2 Å². The quantitative estimate of drug-likeness (QED) is 0.851. The van der Waals surface area contributed by atoms with Crippen LogP contribution in [0.3, 0.4) is 0 Å². The molecular weight excluding hydrogens is 276 g/mol. The molecule has 1 aromatic rings. The van der Waals surface area contributed by atoms with Crippen LogP contribution in [-0.2, 0) is 16.6 Å². The highest BCUT2D eigenvalue weighted by Crippen LogP contribution is 2.28.